The van der Waals surface area contributed by atoms with Crippen LogP contribution in [-0.4, -0.2) is 37.8 Å². The van der Waals surface area contributed by atoms with Crippen LogP contribution in [0.4, 0.5) is 19.3 Å². The first-order chi connectivity index (χ1) is 14.2. The second kappa shape index (κ2) is 6.96. The summed E-state index contributed by atoms with van der Waals surface area (Å²) in [7, 11) is -4.48. The minimum Gasteiger partial charge on any atom is -0.491 e. The first kappa shape index (κ1) is 19.6. The van der Waals surface area contributed by atoms with Gasteiger partial charge < -0.3 is 15.4 Å². The van der Waals surface area contributed by atoms with Crippen molar-refractivity contribution in [3.05, 3.63) is 53.1 Å². The van der Waals surface area contributed by atoms with Gasteiger partial charge >= 0.3 is 6.03 Å². The number of anilines is 1. The number of hydrogen-bond donors (Lipinski definition) is 2. The Kier molecular flexibility index (Phi) is 4.54. The van der Waals surface area contributed by atoms with Crippen molar-refractivity contribution in [1.29, 1.82) is 5.26 Å². The smallest absolute Gasteiger partial charge is 0.336 e. The number of urea groups is 1. The average Bonchev–Trinajstić information content (AvgIpc) is 3.09. The van der Waals surface area contributed by atoms with Crippen molar-refractivity contribution in [3.63, 3.8) is 0 Å². The Labute approximate surface area is 168 Å². The number of nitrogens with zero attached hydrogens (tertiary/aromatic N) is 2. The fraction of sp³-hybridized carbons (Fsp3) is 0.167. The lowest BCUT2D eigenvalue weighted by Gasteiger charge is -2.28. The molecule has 9 nitrogen and oxygen atoms in total. The van der Waals surface area contributed by atoms with E-state index in [1.807, 2.05) is 0 Å². The van der Waals surface area contributed by atoms with Crippen molar-refractivity contribution in [1.82, 2.24) is 9.62 Å². The molecular formula is C18H12F2N4O5S. The molecule has 0 bridgehead atoms. The van der Waals surface area contributed by atoms with Gasteiger partial charge in [-0.15, -0.1) is 0 Å². The molecule has 2 N–H and O–H groups in total. The Bertz CT molecular complexity index is 1240. The zero-order chi connectivity index (χ0) is 21.6. The van der Waals surface area contributed by atoms with E-state index >= 15 is 0 Å². The molecule has 30 heavy (non-hydrogen) atoms. The van der Waals surface area contributed by atoms with Crippen LogP contribution >= 0.6 is 0 Å². The molecule has 12 heteroatoms. The van der Waals surface area contributed by atoms with E-state index in [4.69, 9.17) is 10.00 Å². The van der Waals surface area contributed by atoms with Crippen LogP contribution in [0.15, 0.2) is 35.2 Å². The Morgan fingerprint density at radius 2 is 2.10 bits per heavy atom. The van der Waals surface area contributed by atoms with E-state index < -0.39 is 51.1 Å². The van der Waals surface area contributed by atoms with Gasteiger partial charge in [-0.3, -0.25) is 4.79 Å². The molecule has 2 aliphatic rings. The van der Waals surface area contributed by atoms with Crippen LogP contribution in [0, 0.1) is 23.0 Å². The lowest BCUT2D eigenvalue weighted by atomic mass is 10.1. The lowest BCUT2D eigenvalue weighted by Crippen LogP contribution is -2.49. The first-order valence-corrected chi connectivity index (χ1v) is 9.93. The predicted molar refractivity (Wildman–Crippen MR) is 96.8 cm³/mol. The number of fused-ring (bicyclic) bond motifs is 2. The summed E-state index contributed by atoms with van der Waals surface area (Å²) in [4.78, 5) is 24.1. The van der Waals surface area contributed by atoms with E-state index in [9.17, 15) is 26.8 Å². The van der Waals surface area contributed by atoms with E-state index in [1.165, 1.54) is 6.07 Å². The summed E-state index contributed by atoms with van der Waals surface area (Å²) in [6.45, 7) is -1.05. The Hall–Kier alpha value is -3.72. The van der Waals surface area contributed by atoms with Crippen molar-refractivity contribution in [2.45, 2.75) is 10.9 Å². The highest BCUT2D eigenvalue weighted by Crippen LogP contribution is 2.36. The topological polar surface area (TPSA) is 129 Å². The van der Waals surface area contributed by atoms with Crippen molar-refractivity contribution in [2.24, 2.45) is 0 Å². The second-order valence-corrected chi connectivity index (χ2v) is 8.33. The van der Waals surface area contributed by atoms with Crippen LogP contribution in [0.25, 0.3) is 0 Å². The minimum absolute atomic E-state index is 0.0146. The number of halogens is 2. The van der Waals surface area contributed by atoms with Gasteiger partial charge in [0, 0.05) is 0 Å². The SMILES string of the molecule is N#Cc1cc(F)c2c(c1)OC[C@H]2NC(=O)CN1C(=O)Nc2ccc(F)cc2S1(=O)=O. The average molecular weight is 434 g/mol. The van der Waals surface area contributed by atoms with Crippen molar-refractivity contribution in [3.8, 4) is 11.8 Å². The maximum Gasteiger partial charge on any atom is 0.336 e. The number of rotatable bonds is 3. The van der Waals surface area contributed by atoms with Crippen LogP contribution in [0.5, 0.6) is 5.75 Å². The van der Waals surface area contributed by atoms with Crippen LogP contribution in [0.2, 0.25) is 0 Å². The van der Waals surface area contributed by atoms with Gasteiger partial charge in [-0.05, 0) is 30.3 Å². The fourth-order valence-corrected chi connectivity index (χ4v) is 4.68. The zero-order valence-corrected chi connectivity index (χ0v) is 15.8. The number of nitrogens with one attached hydrogen (secondary N) is 2. The molecule has 0 spiro atoms. The summed E-state index contributed by atoms with van der Waals surface area (Å²) < 4.78 is 58.7. The molecule has 1 atom stereocenters. The molecule has 2 aliphatic heterocycles. The monoisotopic (exact) mass is 434 g/mol. The molecule has 2 heterocycles. The molecule has 0 fully saturated rings. The summed E-state index contributed by atoms with van der Waals surface area (Å²) in [5, 5.41) is 13.6. The molecule has 0 unspecified atom stereocenters. The van der Waals surface area contributed by atoms with Crippen LogP contribution in [-0.2, 0) is 14.8 Å². The lowest BCUT2D eigenvalue weighted by molar-refractivity contribution is -0.121. The third-order valence-electron chi connectivity index (χ3n) is 4.58. The highest BCUT2D eigenvalue weighted by Gasteiger charge is 2.39. The molecule has 2 aromatic carbocycles. The number of hydrogen-bond acceptors (Lipinski definition) is 6. The molecule has 3 amide bonds. The van der Waals surface area contributed by atoms with Gasteiger partial charge in [0.1, 0.15) is 35.4 Å². The molecule has 0 saturated carbocycles. The molecule has 0 aromatic heterocycles. The first-order valence-electron chi connectivity index (χ1n) is 8.49. The van der Waals surface area contributed by atoms with E-state index in [-0.39, 0.29) is 33.5 Å². The van der Waals surface area contributed by atoms with E-state index in [0.717, 1.165) is 24.3 Å². The van der Waals surface area contributed by atoms with E-state index in [2.05, 4.69) is 10.6 Å². The molecule has 2 aromatic rings. The van der Waals surface area contributed by atoms with Crippen molar-refractivity contribution >= 4 is 27.6 Å². The van der Waals surface area contributed by atoms with Crippen LogP contribution in [0.1, 0.15) is 17.2 Å². The summed E-state index contributed by atoms with van der Waals surface area (Å²) in [5.74, 6) is -2.41. The Morgan fingerprint density at radius 1 is 1.33 bits per heavy atom. The summed E-state index contributed by atoms with van der Waals surface area (Å²) in [6.07, 6.45) is 0. The summed E-state index contributed by atoms with van der Waals surface area (Å²) in [5.41, 5.74) is -0.0486. The standard InChI is InChI=1S/C18H12F2N4O5S/c19-10-1-2-12-15(5-10)30(27,28)24(18(26)23-12)7-16(25)22-13-8-29-14-4-9(6-21)3-11(20)17(13)14/h1-5,13H,7-8H2,(H,22,25)(H,23,26)/t13-/m1/s1. The van der Waals surface area contributed by atoms with Gasteiger partial charge in [-0.1, -0.05) is 0 Å². The highest BCUT2D eigenvalue weighted by atomic mass is 32.2. The van der Waals surface area contributed by atoms with Gasteiger partial charge in [0.15, 0.2) is 0 Å². The third kappa shape index (κ3) is 3.18. The van der Waals surface area contributed by atoms with Crippen molar-refractivity contribution < 1.29 is 31.5 Å². The number of nitriles is 1. The largest absolute Gasteiger partial charge is 0.491 e. The second-order valence-electron chi connectivity index (χ2n) is 6.50. The van der Waals surface area contributed by atoms with Gasteiger partial charge in [0.2, 0.25) is 5.91 Å². The number of carbonyl (C=O) groups is 2. The molecule has 4 rings (SSSR count). The van der Waals surface area contributed by atoms with E-state index in [0.29, 0.717) is 0 Å². The summed E-state index contributed by atoms with van der Waals surface area (Å²) >= 11 is 0. The molecular weight excluding hydrogens is 422 g/mol. The van der Waals surface area contributed by atoms with Crippen LogP contribution in [0.3, 0.4) is 0 Å². The number of ether oxygens (including phenoxy) is 1. The number of carbonyl (C=O) groups excluding carboxylic acids is 2. The number of sulfonamides is 1. The van der Waals surface area contributed by atoms with Crippen molar-refractivity contribution in [2.75, 3.05) is 18.5 Å². The molecule has 0 aliphatic carbocycles. The van der Waals surface area contributed by atoms with E-state index in [1.54, 1.807) is 6.07 Å². The maximum absolute atomic E-state index is 14.3. The quantitative estimate of drug-likeness (QED) is 0.756. The normalized spacial score (nSPS) is 18.5. The highest BCUT2D eigenvalue weighted by molar-refractivity contribution is 7.90. The Morgan fingerprint density at radius 3 is 2.83 bits per heavy atom. The van der Waals surface area contributed by atoms with Gasteiger partial charge in [-0.2, -0.15) is 5.26 Å². The Balaban J connectivity index is 1.55. The summed E-state index contributed by atoms with van der Waals surface area (Å²) in [6, 6.07) is 4.88. The third-order valence-corrected chi connectivity index (χ3v) is 6.35. The number of benzene rings is 2. The molecule has 0 saturated heterocycles. The van der Waals surface area contributed by atoms with Gasteiger partial charge in [-0.25, -0.2) is 26.3 Å². The number of amides is 3. The van der Waals surface area contributed by atoms with Crippen LogP contribution < -0.4 is 15.4 Å². The fourth-order valence-electron chi connectivity index (χ4n) is 3.23. The van der Waals surface area contributed by atoms with Gasteiger partial charge in [0.05, 0.1) is 28.9 Å². The molecule has 154 valence electrons. The maximum atomic E-state index is 14.3. The zero-order valence-electron chi connectivity index (χ0n) is 15.0. The predicted octanol–water partition coefficient (Wildman–Crippen LogP) is 1.62. The molecule has 0 radical (unpaired) electrons. The minimum atomic E-state index is -4.48. The van der Waals surface area contributed by atoms with Gasteiger partial charge in [0.25, 0.3) is 10.0 Å².